The zero-order chi connectivity index (χ0) is 20.6. The first-order valence-electron chi connectivity index (χ1n) is 9.63. The molecule has 0 saturated heterocycles. The van der Waals surface area contributed by atoms with Crippen molar-refractivity contribution in [1.82, 2.24) is 4.90 Å². The monoisotopic (exact) mass is 406 g/mol. The normalized spacial score (nSPS) is 15.7. The van der Waals surface area contributed by atoms with Gasteiger partial charge in [0.1, 0.15) is 0 Å². The summed E-state index contributed by atoms with van der Waals surface area (Å²) >= 11 is 0. The Kier molecular flexibility index (Phi) is 8.29. The molecule has 1 aromatic carbocycles. The number of anilines is 1. The molecule has 0 spiro atoms. The number of hydrogen-bond acceptors (Lipinski definition) is 5. The minimum atomic E-state index is -4.15. The van der Waals surface area contributed by atoms with Crippen molar-refractivity contribution in [3.05, 3.63) is 59.8 Å². The summed E-state index contributed by atoms with van der Waals surface area (Å²) in [7, 11) is -4.15. The van der Waals surface area contributed by atoms with Gasteiger partial charge < -0.3 is 14.9 Å². The predicted octanol–water partition coefficient (Wildman–Crippen LogP) is 3.29. The van der Waals surface area contributed by atoms with E-state index in [1.807, 2.05) is 67.4 Å². The van der Waals surface area contributed by atoms with Gasteiger partial charge in [0.15, 0.2) is 5.37 Å². The lowest BCUT2D eigenvalue weighted by molar-refractivity contribution is 0.244. The Labute approximate surface area is 168 Å². The molecule has 0 fully saturated rings. The number of rotatable bonds is 10. The summed E-state index contributed by atoms with van der Waals surface area (Å²) < 4.78 is 33.1. The van der Waals surface area contributed by atoms with Gasteiger partial charge in [-0.05, 0) is 42.7 Å². The Balaban J connectivity index is 2.09. The zero-order valence-electron chi connectivity index (χ0n) is 16.5. The lowest BCUT2D eigenvalue weighted by Crippen LogP contribution is -2.41. The highest BCUT2D eigenvalue weighted by Crippen LogP contribution is 2.23. The van der Waals surface area contributed by atoms with E-state index in [9.17, 15) is 13.0 Å². The smallest absolute Gasteiger partial charge is 0.286 e. The van der Waals surface area contributed by atoms with Gasteiger partial charge in [0.05, 0.1) is 6.61 Å². The molecular weight excluding hydrogens is 376 g/mol. The van der Waals surface area contributed by atoms with Gasteiger partial charge in [0.2, 0.25) is 0 Å². The van der Waals surface area contributed by atoms with Crippen LogP contribution in [0.3, 0.4) is 0 Å². The third-order valence-electron chi connectivity index (χ3n) is 4.69. The number of nitrogens with zero attached hydrogens (tertiary/aromatic N) is 2. The molecule has 0 aromatic heterocycles. The van der Waals surface area contributed by atoms with E-state index in [0.717, 1.165) is 23.4 Å². The highest BCUT2D eigenvalue weighted by Gasteiger charge is 2.28. The van der Waals surface area contributed by atoms with Gasteiger partial charge in [-0.2, -0.15) is 8.42 Å². The fraction of sp³-hybridized carbons (Fsp3) is 0.429. The van der Waals surface area contributed by atoms with Crippen molar-refractivity contribution in [3.63, 3.8) is 0 Å². The Morgan fingerprint density at radius 2 is 1.93 bits per heavy atom. The zero-order valence-corrected chi connectivity index (χ0v) is 17.3. The van der Waals surface area contributed by atoms with Crippen molar-refractivity contribution in [2.75, 3.05) is 31.1 Å². The van der Waals surface area contributed by atoms with Crippen LogP contribution in [0, 0.1) is 0 Å². The van der Waals surface area contributed by atoms with Crippen molar-refractivity contribution in [2.45, 2.75) is 32.1 Å². The third-order valence-corrected chi connectivity index (χ3v) is 5.87. The summed E-state index contributed by atoms with van der Waals surface area (Å²) in [6, 6.07) is 7.63. The molecule has 0 radical (unpaired) electrons. The van der Waals surface area contributed by atoms with E-state index >= 15 is 0 Å². The van der Waals surface area contributed by atoms with E-state index in [4.69, 9.17) is 5.11 Å². The summed E-state index contributed by atoms with van der Waals surface area (Å²) in [6.07, 6.45) is 11.1. The number of β-amino-alcohol motifs (C(OH)–C–C–N with tert-alkyl or cyclic N) is 1. The average Bonchev–Trinajstić information content (AvgIpc) is 2.68. The molecule has 1 aliphatic rings. The van der Waals surface area contributed by atoms with Crippen LogP contribution in [-0.2, 0) is 10.1 Å². The van der Waals surface area contributed by atoms with Gasteiger partial charge in [-0.3, -0.25) is 4.55 Å². The van der Waals surface area contributed by atoms with Crippen LogP contribution in [-0.4, -0.2) is 54.6 Å². The molecule has 1 unspecified atom stereocenters. The van der Waals surface area contributed by atoms with Crippen LogP contribution in [0.5, 0.6) is 0 Å². The summed E-state index contributed by atoms with van der Waals surface area (Å²) in [5, 5.41) is 8.04. The number of allylic oxidation sites excluding steroid dienone is 3. The summed E-state index contributed by atoms with van der Waals surface area (Å²) in [5.74, 6) is 0. The van der Waals surface area contributed by atoms with Crippen molar-refractivity contribution in [1.29, 1.82) is 0 Å². The van der Waals surface area contributed by atoms with Crippen LogP contribution >= 0.6 is 0 Å². The first kappa shape index (κ1) is 22.2. The minimum absolute atomic E-state index is 0.140. The van der Waals surface area contributed by atoms with Gasteiger partial charge in [-0.25, -0.2) is 0 Å². The molecule has 1 heterocycles. The first-order chi connectivity index (χ1) is 13.4. The molecule has 0 saturated carbocycles. The standard InChI is InChI=1S/C21H30N2O4S/c1-3-5-21(28(25,26)27)23(4-2)20-10-8-18(9-11-20)6-7-19-12-14-22(15-13-19)16-17-24/h6-14,21,24H,3-5,15-17H2,1-2H3,(H,25,26,27)/b7-6+. The maximum Gasteiger partial charge on any atom is 0.286 e. The fourth-order valence-corrected chi connectivity index (χ4v) is 4.32. The molecule has 1 atom stereocenters. The Bertz CT molecular complexity index is 813. The Hall–Kier alpha value is -2.09. The average molecular weight is 407 g/mol. The highest BCUT2D eigenvalue weighted by molar-refractivity contribution is 7.86. The van der Waals surface area contributed by atoms with Gasteiger partial charge in [0.25, 0.3) is 10.1 Å². The van der Waals surface area contributed by atoms with E-state index in [1.165, 1.54) is 0 Å². The van der Waals surface area contributed by atoms with Crippen LogP contribution in [0.1, 0.15) is 32.3 Å². The summed E-state index contributed by atoms with van der Waals surface area (Å²) in [5.41, 5.74) is 2.88. The van der Waals surface area contributed by atoms with Crippen LogP contribution in [0.4, 0.5) is 5.69 Å². The van der Waals surface area contributed by atoms with Crippen molar-refractivity contribution in [2.24, 2.45) is 0 Å². The second-order valence-corrected chi connectivity index (χ2v) is 8.28. The maximum atomic E-state index is 11.8. The van der Waals surface area contributed by atoms with Crippen molar-refractivity contribution < 1.29 is 18.1 Å². The molecule has 7 heteroatoms. The van der Waals surface area contributed by atoms with Gasteiger partial charge in [-0.15, -0.1) is 0 Å². The molecule has 6 nitrogen and oxygen atoms in total. The second kappa shape index (κ2) is 10.5. The van der Waals surface area contributed by atoms with Crippen LogP contribution in [0.25, 0.3) is 6.08 Å². The van der Waals surface area contributed by atoms with E-state index in [0.29, 0.717) is 25.9 Å². The molecular formula is C21H30N2O4S. The molecule has 0 bridgehead atoms. The topological polar surface area (TPSA) is 81.1 Å². The molecule has 0 aliphatic carbocycles. The maximum absolute atomic E-state index is 11.8. The van der Waals surface area contributed by atoms with E-state index < -0.39 is 15.5 Å². The number of aliphatic hydroxyl groups is 1. The summed E-state index contributed by atoms with van der Waals surface area (Å²) in [4.78, 5) is 3.75. The van der Waals surface area contributed by atoms with E-state index in [2.05, 4.69) is 6.08 Å². The number of aliphatic hydroxyl groups excluding tert-OH is 1. The first-order valence-corrected chi connectivity index (χ1v) is 11.1. The minimum Gasteiger partial charge on any atom is -0.395 e. The van der Waals surface area contributed by atoms with Crippen LogP contribution in [0.2, 0.25) is 0 Å². The second-order valence-electron chi connectivity index (χ2n) is 6.71. The van der Waals surface area contributed by atoms with Crippen LogP contribution < -0.4 is 4.90 Å². The number of benzene rings is 1. The molecule has 1 aliphatic heterocycles. The van der Waals surface area contributed by atoms with Gasteiger partial charge in [0, 0.05) is 31.5 Å². The lowest BCUT2D eigenvalue weighted by Gasteiger charge is -2.30. The van der Waals surface area contributed by atoms with E-state index in [-0.39, 0.29) is 6.61 Å². The van der Waals surface area contributed by atoms with Gasteiger partial charge in [-0.1, -0.05) is 43.7 Å². The SMILES string of the molecule is CCCC(N(CC)c1ccc(/C=C/C2=CCN(CCO)C=C2)cc1)S(=O)(=O)O. The Morgan fingerprint density at radius 3 is 2.43 bits per heavy atom. The molecule has 1 aromatic rings. The van der Waals surface area contributed by atoms with Crippen molar-refractivity contribution in [3.8, 4) is 0 Å². The number of hydrogen-bond donors (Lipinski definition) is 2. The largest absolute Gasteiger partial charge is 0.395 e. The lowest BCUT2D eigenvalue weighted by atomic mass is 10.1. The molecule has 2 N–H and O–H groups in total. The van der Waals surface area contributed by atoms with Gasteiger partial charge >= 0.3 is 0 Å². The van der Waals surface area contributed by atoms with Crippen molar-refractivity contribution >= 4 is 21.9 Å². The van der Waals surface area contributed by atoms with E-state index in [1.54, 1.807) is 4.90 Å². The predicted molar refractivity (Wildman–Crippen MR) is 115 cm³/mol. The fourth-order valence-electron chi connectivity index (χ4n) is 3.20. The Morgan fingerprint density at radius 1 is 1.21 bits per heavy atom. The quantitative estimate of drug-likeness (QED) is 0.581. The molecule has 28 heavy (non-hydrogen) atoms. The van der Waals surface area contributed by atoms with Crippen LogP contribution in [0.15, 0.2) is 54.3 Å². The highest BCUT2D eigenvalue weighted by atomic mass is 32.2. The summed E-state index contributed by atoms with van der Waals surface area (Å²) in [6.45, 7) is 5.81. The molecule has 0 amide bonds. The molecule has 154 valence electrons. The third kappa shape index (κ3) is 6.22. The molecule has 2 rings (SSSR count).